The predicted octanol–water partition coefficient (Wildman–Crippen LogP) is 2.89. The normalized spacial score (nSPS) is 11.3. The number of phenols is 1. The SMILES string of the molecule is CCc1ccc(CNC(=NC)NCc2cc(OC)ccc2O)s1. The Labute approximate surface area is 141 Å². The van der Waals surface area contributed by atoms with Gasteiger partial charge in [-0.15, -0.1) is 11.3 Å². The number of rotatable bonds is 6. The molecule has 0 amide bonds. The molecule has 0 aliphatic rings. The molecular weight excluding hydrogens is 310 g/mol. The van der Waals surface area contributed by atoms with E-state index in [0.717, 1.165) is 18.5 Å². The molecule has 0 spiro atoms. The second kappa shape index (κ2) is 8.43. The summed E-state index contributed by atoms with van der Waals surface area (Å²) in [5, 5.41) is 16.4. The first kappa shape index (κ1) is 17.1. The number of phenolic OH excluding ortho intramolecular Hbond substituents is 1. The summed E-state index contributed by atoms with van der Waals surface area (Å²) in [7, 11) is 3.34. The van der Waals surface area contributed by atoms with Crippen LogP contribution in [0.5, 0.6) is 11.5 Å². The summed E-state index contributed by atoms with van der Waals surface area (Å²) in [5.41, 5.74) is 0.761. The van der Waals surface area contributed by atoms with Gasteiger partial charge < -0.3 is 20.5 Å². The van der Waals surface area contributed by atoms with Crippen LogP contribution in [-0.2, 0) is 19.5 Å². The highest BCUT2D eigenvalue weighted by atomic mass is 32.1. The quantitative estimate of drug-likeness (QED) is 0.562. The molecule has 1 heterocycles. The van der Waals surface area contributed by atoms with E-state index in [9.17, 15) is 5.11 Å². The topological polar surface area (TPSA) is 65.9 Å². The summed E-state index contributed by atoms with van der Waals surface area (Å²) in [5.74, 6) is 1.64. The van der Waals surface area contributed by atoms with Crippen LogP contribution in [-0.4, -0.2) is 25.2 Å². The van der Waals surface area contributed by atoms with Crippen molar-refractivity contribution in [1.29, 1.82) is 0 Å². The Morgan fingerprint density at radius 3 is 2.57 bits per heavy atom. The number of nitrogens with zero attached hydrogens (tertiary/aromatic N) is 1. The Kier molecular flexibility index (Phi) is 6.29. The number of hydrogen-bond acceptors (Lipinski definition) is 4. The van der Waals surface area contributed by atoms with Gasteiger partial charge in [-0.3, -0.25) is 4.99 Å². The smallest absolute Gasteiger partial charge is 0.191 e. The molecule has 1 aromatic carbocycles. The maximum absolute atomic E-state index is 9.90. The van der Waals surface area contributed by atoms with Crippen molar-refractivity contribution in [2.45, 2.75) is 26.4 Å². The Morgan fingerprint density at radius 1 is 1.17 bits per heavy atom. The molecule has 2 rings (SSSR count). The highest BCUT2D eigenvalue weighted by Crippen LogP contribution is 2.22. The average Bonchev–Trinajstić information content (AvgIpc) is 3.04. The van der Waals surface area contributed by atoms with Crippen LogP contribution in [0.3, 0.4) is 0 Å². The van der Waals surface area contributed by atoms with Crippen molar-refractivity contribution in [2.24, 2.45) is 4.99 Å². The minimum absolute atomic E-state index is 0.236. The van der Waals surface area contributed by atoms with E-state index in [0.29, 0.717) is 18.3 Å². The van der Waals surface area contributed by atoms with Crippen molar-refractivity contribution in [2.75, 3.05) is 14.2 Å². The molecule has 5 nitrogen and oxygen atoms in total. The molecule has 3 N–H and O–H groups in total. The number of ether oxygens (including phenoxy) is 1. The Morgan fingerprint density at radius 2 is 1.91 bits per heavy atom. The second-order valence-electron chi connectivity index (χ2n) is 5.00. The number of methoxy groups -OCH3 is 1. The van der Waals surface area contributed by atoms with Crippen molar-refractivity contribution in [1.82, 2.24) is 10.6 Å². The largest absolute Gasteiger partial charge is 0.508 e. The summed E-state index contributed by atoms with van der Waals surface area (Å²) in [6, 6.07) is 9.46. The van der Waals surface area contributed by atoms with E-state index in [1.807, 2.05) is 6.07 Å². The fourth-order valence-electron chi connectivity index (χ4n) is 2.11. The molecule has 0 aliphatic carbocycles. The number of nitrogens with one attached hydrogen (secondary N) is 2. The van der Waals surface area contributed by atoms with E-state index in [4.69, 9.17) is 4.74 Å². The zero-order chi connectivity index (χ0) is 16.7. The number of guanidine groups is 1. The molecule has 0 saturated carbocycles. The van der Waals surface area contributed by atoms with Gasteiger partial charge in [-0.1, -0.05) is 6.92 Å². The number of aryl methyl sites for hydroxylation is 1. The minimum atomic E-state index is 0.236. The van der Waals surface area contributed by atoms with Crippen LogP contribution in [0.15, 0.2) is 35.3 Å². The third-order valence-corrected chi connectivity index (χ3v) is 4.68. The van der Waals surface area contributed by atoms with Crippen LogP contribution in [0.1, 0.15) is 22.2 Å². The molecule has 0 atom stereocenters. The van der Waals surface area contributed by atoms with Crippen molar-refractivity contribution in [3.63, 3.8) is 0 Å². The van der Waals surface area contributed by atoms with Crippen molar-refractivity contribution < 1.29 is 9.84 Å². The van der Waals surface area contributed by atoms with Crippen molar-refractivity contribution >= 4 is 17.3 Å². The minimum Gasteiger partial charge on any atom is -0.508 e. The third kappa shape index (κ3) is 4.89. The molecule has 6 heteroatoms. The van der Waals surface area contributed by atoms with Gasteiger partial charge in [0.2, 0.25) is 0 Å². The lowest BCUT2D eigenvalue weighted by molar-refractivity contribution is 0.410. The van der Waals surface area contributed by atoms with E-state index in [-0.39, 0.29) is 5.75 Å². The van der Waals surface area contributed by atoms with E-state index in [2.05, 4.69) is 34.7 Å². The molecule has 1 aromatic heterocycles. The van der Waals surface area contributed by atoms with Crippen LogP contribution >= 0.6 is 11.3 Å². The van der Waals surface area contributed by atoms with Gasteiger partial charge in [0.15, 0.2) is 5.96 Å². The molecule has 0 bridgehead atoms. The Hall–Kier alpha value is -2.21. The first-order chi connectivity index (χ1) is 11.2. The maximum Gasteiger partial charge on any atom is 0.191 e. The lowest BCUT2D eigenvalue weighted by atomic mass is 10.2. The van der Waals surface area contributed by atoms with Gasteiger partial charge in [-0.2, -0.15) is 0 Å². The summed E-state index contributed by atoms with van der Waals surface area (Å²) >= 11 is 1.81. The zero-order valence-corrected chi connectivity index (χ0v) is 14.5. The fraction of sp³-hybridized carbons (Fsp3) is 0.353. The standard InChI is InChI=1S/C17H23N3O2S/c1-4-14-6-7-15(23-14)11-20-17(18-2)19-10-12-9-13(22-3)5-8-16(12)21/h5-9,21H,4,10-11H2,1-3H3,(H2,18,19,20). The number of benzene rings is 1. The fourth-order valence-corrected chi connectivity index (χ4v) is 3.01. The van der Waals surface area contributed by atoms with Gasteiger partial charge in [0.05, 0.1) is 13.7 Å². The van der Waals surface area contributed by atoms with Gasteiger partial charge in [0.1, 0.15) is 11.5 Å². The number of aromatic hydroxyl groups is 1. The molecule has 2 aromatic rings. The molecule has 124 valence electrons. The van der Waals surface area contributed by atoms with Crippen molar-refractivity contribution in [3.8, 4) is 11.5 Å². The molecule has 0 saturated heterocycles. The summed E-state index contributed by atoms with van der Waals surface area (Å²) in [6.45, 7) is 3.35. The van der Waals surface area contributed by atoms with E-state index < -0.39 is 0 Å². The first-order valence-electron chi connectivity index (χ1n) is 7.54. The number of aliphatic imine (C=N–C) groups is 1. The summed E-state index contributed by atoms with van der Waals surface area (Å²) in [6.07, 6.45) is 1.06. The molecule has 0 radical (unpaired) electrons. The van der Waals surface area contributed by atoms with E-state index >= 15 is 0 Å². The number of hydrogen-bond donors (Lipinski definition) is 3. The monoisotopic (exact) mass is 333 g/mol. The van der Waals surface area contributed by atoms with Crippen LogP contribution < -0.4 is 15.4 Å². The van der Waals surface area contributed by atoms with Crippen LogP contribution in [0.25, 0.3) is 0 Å². The lowest BCUT2D eigenvalue weighted by Crippen LogP contribution is -2.36. The number of thiophene rings is 1. The Bertz CT molecular complexity index is 668. The van der Waals surface area contributed by atoms with Crippen LogP contribution in [0, 0.1) is 0 Å². The van der Waals surface area contributed by atoms with Gasteiger partial charge in [-0.25, -0.2) is 0 Å². The lowest BCUT2D eigenvalue weighted by Gasteiger charge is -2.12. The Balaban J connectivity index is 1.90. The van der Waals surface area contributed by atoms with Gasteiger partial charge in [0.25, 0.3) is 0 Å². The van der Waals surface area contributed by atoms with Crippen LogP contribution in [0.4, 0.5) is 0 Å². The zero-order valence-electron chi connectivity index (χ0n) is 13.7. The van der Waals surface area contributed by atoms with Crippen molar-refractivity contribution in [3.05, 3.63) is 45.6 Å². The first-order valence-corrected chi connectivity index (χ1v) is 8.36. The summed E-state index contributed by atoms with van der Waals surface area (Å²) in [4.78, 5) is 6.86. The highest BCUT2D eigenvalue weighted by molar-refractivity contribution is 7.11. The average molecular weight is 333 g/mol. The van der Waals surface area contributed by atoms with E-state index in [1.165, 1.54) is 9.75 Å². The molecule has 0 aliphatic heterocycles. The van der Waals surface area contributed by atoms with E-state index in [1.54, 1.807) is 37.6 Å². The summed E-state index contributed by atoms with van der Waals surface area (Å²) < 4.78 is 5.18. The van der Waals surface area contributed by atoms with Gasteiger partial charge in [-0.05, 0) is 36.8 Å². The van der Waals surface area contributed by atoms with Gasteiger partial charge in [0, 0.05) is 28.9 Å². The maximum atomic E-state index is 9.90. The third-order valence-electron chi connectivity index (χ3n) is 3.45. The molecular formula is C17H23N3O2S. The predicted molar refractivity (Wildman–Crippen MR) is 95.4 cm³/mol. The van der Waals surface area contributed by atoms with Crippen LogP contribution in [0.2, 0.25) is 0 Å². The highest BCUT2D eigenvalue weighted by Gasteiger charge is 2.05. The molecule has 23 heavy (non-hydrogen) atoms. The molecule has 0 unspecified atom stereocenters. The molecule has 0 fully saturated rings. The van der Waals surface area contributed by atoms with Gasteiger partial charge >= 0.3 is 0 Å². The second-order valence-corrected chi connectivity index (χ2v) is 6.25.